The van der Waals surface area contributed by atoms with E-state index in [4.69, 9.17) is 9.97 Å². The minimum absolute atomic E-state index is 0.844. The minimum Gasteiger partial charge on any atom is -0.292 e. The van der Waals surface area contributed by atoms with E-state index in [1.165, 1.54) is 54.6 Å². The van der Waals surface area contributed by atoms with Crippen molar-refractivity contribution in [3.05, 3.63) is 140 Å². The summed E-state index contributed by atoms with van der Waals surface area (Å²) in [6, 6.07) is 49.9. The normalized spacial score (nSPS) is 12.2. The third-order valence-corrected chi connectivity index (χ3v) is 9.09. The van der Waals surface area contributed by atoms with Gasteiger partial charge in [0.05, 0.1) is 22.1 Å². The van der Waals surface area contributed by atoms with Crippen LogP contribution in [0, 0.1) is 0 Å². The van der Waals surface area contributed by atoms with Crippen LogP contribution in [-0.4, -0.2) is 14.5 Å². The Kier molecular flexibility index (Phi) is 4.45. The lowest BCUT2D eigenvalue weighted by Crippen LogP contribution is -2.03. The smallest absolute Gasteiger partial charge is 0.165 e. The zero-order valence-corrected chi connectivity index (χ0v) is 23.1. The maximum Gasteiger partial charge on any atom is 0.165 e. The molecule has 0 atom stereocenters. The monoisotopic (exact) mass is 545 g/mol. The lowest BCUT2D eigenvalue weighted by molar-refractivity contribution is 1.08. The Morgan fingerprint density at radius 2 is 1.00 bits per heavy atom. The molecular weight excluding hydrogens is 522 g/mol. The molecule has 0 radical (unpaired) electrons. The number of aromatic nitrogens is 3. The van der Waals surface area contributed by atoms with Gasteiger partial charge in [0.1, 0.15) is 5.69 Å². The van der Waals surface area contributed by atoms with Gasteiger partial charge < -0.3 is 0 Å². The molecule has 2 heterocycles. The minimum atomic E-state index is 0.844. The highest BCUT2D eigenvalue weighted by atomic mass is 15.1. The first-order valence-electron chi connectivity index (χ1n) is 14.7. The average molecular weight is 546 g/mol. The predicted molar refractivity (Wildman–Crippen MR) is 179 cm³/mol. The quantitative estimate of drug-likeness (QED) is 0.202. The van der Waals surface area contributed by atoms with E-state index in [9.17, 15) is 0 Å². The molecule has 0 fully saturated rings. The number of fused-ring (bicyclic) bond motifs is 5. The van der Waals surface area contributed by atoms with E-state index in [2.05, 4.69) is 120 Å². The molecule has 2 aromatic heterocycles. The number of para-hydroxylation sites is 2. The Morgan fingerprint density at radius 3 is 1.77 bits per heavy atom. The van der Waals surface area contributed by atoms with Gasteiger partial charge in [0.15, 0.2) is 5.82 Å². The van der Waals surface area contributed by atoms with Gasteiger partial charge in [-0.05, 0) is 74.1 Å². The summed E-state index contributed by atoms with van der Waals surface area (Å²) in [4.78, 5) is 10.5. The molecular formula is C40H23N3. The topological polar surface area (TPSA) is 30.7 Å². The molecule has 1 aliphatic carbocycles. The lowest BCUT2D eigenvalue weighted by atomic mass is 9.90. The lowest BCUT2D eigenvalue weighted by Gasteiger charge is -2.16. The van der Waals surface area contributed by atoms with E-state index in [1.54, 1.807) is 0 Å². The van der Waals surface area contributed by atoms with E-state index >= 15 is 0 Å². The Balaban J connectivity index is 1.41. The molecule has 3 nitrogen and oxygen atoms in total. The van der Waals surface area contributed by atoms with Crippen LogP contribution in [0.15, 0.2) is 140 Å². The maximum atomic E-state index is 5.32. The Bertz CT molecular complexity index is 2610. The molecule has 1 aliphatic rings. The fraction of sp³-hybridized carbons (Fsp3) is 0. The van der Waals surface area contributed by atoms with Crippen molar-refractivity contribution in [2.24, 2.45) is 0 Å². The van der Waals surface area contributed by atoms with Crippen molar-refractivity contribution in [3.8, 4) is 39.3 Å². The van der Waals surface area contributed by atoms with Gasteiger partial charge in [0, 0.05) is 16.3 Å². The molecule has 198 valence electrons. The summed E-state index contributed by atoms with van der Waals surface area (Å²) >= 11 is 0. The molecule has 0 saturated carbocycles. The van der Waals surface area contributed by atoms with Crippen molar-refractivity contribution < 1.29 is 0 Å². The summed E-state index contributed by atoms with van der Waals surface area (Å²) in [7, 11) is 0. The SMILES string of the molecule is c1ccc(-c2nc3ccccc3nc2-n2c3cccc4c3c3c(cccc32)-c2cc3ccccc3c3cccc-4c23)cc1. The molecule has 9 aromatic rings. The summed E-state index contributed by atoms with van der Waals surface area (Å²) in [5.41, 5.74) is 11.0. The second-order valence-electron chi connectivity index (χ2n) is 11.4. The van der Waals surface area contributed by atoms with Crippen LogP contribution in [0.25, 0.3) is 93.7 Å². The molecule has 0 spiro atoms. The van der Waals surface area contributed by atoms with Gasteiger partial charge in [-0.25, -0.2) is 9.97 Å². The van der Waals surface area contributed by atoms with Crippen LogP contribution < -0.4 is 0 Å². The predicted octanol–water partition coefficient (Wildman–Crippen LogP) is 10.3. The van der Waals surface area contributed by atoms with Crippen LogP contribution >= 0.6 is 0 Å². The average Bonchev–Trinajstić information content (AvgIpc) is 3.36. The molecule has 0 unspecified atom stereocenters. The summed E-state index contributed by atoms with van der Waals surface area (Å²) in [6.45, 7) is 0. The molecule has 0 saturated heterocycles. The number of hydrogen-bond donors (Lipinski definition) is 0. The first-order chi connectivity index (χ1) is 21.3. The van der Waals surface area contributed by atoms with Gasteiger partial charge in [-0.2, -0.15) is 0 Å². The van der Waals surface area contributed by atoms with Crippen molar-refractivity contribution >= 4 is 54.4 Å². The summed E-state index contributed by atoms with van der Waals surface area (Å²) in [5.74, 6) is 0.844. The Morgan fingerprint density at radius 1 is 0.419 bits per heavy atom. The highest BCUT2D eigenvalue weighted by molar-refractivity contribution is 6.29. The van der Waals surface area contributed by atoms with Gasteiger partial charge >= 0.3 is 0 Å². The molecule has 7 aromatic carbocycles. The highest BCUT2D eigenvalue weighted by Gasteiger charge is 2.27. The van der Waals surface area contributed by atoms with Crippen molar-refractivity contribution in [2.75, 3.05) is 0 Å². The largest absolute Gasteiger partial charge is 0.292 e. The summed E-state index contributed by atoms with van der Waals surface area (Å²) in [5, 5.41) is 7.68. The van der Waals surface area contributed by atoms with Crippen LogP contribution in [0.4, 0.5) is 0 Å². The van der Waals surface area contributed by atoms with Gasteiger partial charge in [0.25, 0.3) is 0 Å². The first-order valence-corrected chi connectivity index (χ1v) is 14.7. The maximum absolute atomic E-state index is 5.32. The number of benzene rings is 7. The van der Waals surface area contributed by atoms with Gasteiger partial charge in [-0.15, -0.1) is 0 Å². The van der Waals surface area contributed by atoms with Crippen molar-refractivity contribution in [2.45, 2.75) is 0 Å². The molecule has 0 N–H and O–H groups in total. The number of nitrogens with zero attached hydrogens (tertiary/aromatic N) is 3. The Labute approximate surface area is 247 Å². The number of hydrogen-bond acceptors (Lipinski definition) is 2. The van der Waals surface area contributed by atoms with E-state index in [0.717, 1.165) is 39.1 Å². The van der Waals surface area contributed by atoms with Crippen LogP contribution in [0.3, 0.4) is 0 Å². The molecule has 43 heavy (non-hydrogen) atoms. The molecule has 10 rings (SSSR count). The van der Waals surface area contributed by atoms with Crippen molar-refractivity contribution in [1.82, 2.24) is 14.5 Å². The molecule has 3 heteroatoms. The summed E-state index contributed by atoms with van der Waals surface area (Å²) < 4.78 is 2.34. The summed E-state index contributed by atoms with van der Waals surface area (Å²) in [6.07, 6.45) is 0. The van der Waals surface area contributed by atoms with E-state index < -0.39 is 0 Å². The van der Waals surface area contributed by atoms with Crippen LogP contribution in [0.5, 0.6) is 0 Å². The fourth-order valence-corrected chi connectivity index (χ4v) is 7.32. The van der Waals surface area contributed by atoms with Gasteiger partial charge in [-0.1, -0.05) is 109 Å². The van der Waals surface area contributed by atoms with Crippen LogP contribution in [-0.2, 0) is 0 Å². The second-order valence-corrected chi connectivity index (χ2v) is 11.4. The van der Waals surface area contributed by atoms with Crippen molar-refractivity contribution in [3.63, 3.8) is 0 Å². The third kappa shape index (κ3) is 3.03. The Hall–Kier alpha value is -5.80. The highest BCUT2D eigenvalue weighted by Crippen LogP contribution is 2.51. The second kappa shape index (κ2) is 8.37. The molecule has 0 aliphatic heterocycles. The molecule has 0 bridgehead atoms. The standard InChI is InChI=1S/C40H23N3/c1-2-11-24(12-3-1)39-40(42-33-20-7-6-19-32(33)41-39)43-34-21-9-17-29-28-16-8-15-27-26-14-5-4-13-25(26)23-31(36(27)28)30-18-10-22-35(43)38(30)37(29)34/h1-23H. The van der Waals surface area contributed by atoms with Gasteiger partial charge in [0.2, 0.25) is 0 Å². The third-order valence-electron chi connectivity index (χ3n) is 9.09. The number of rotatable bonds is 2. The molecule has 0 amide bonds. The van der Waals surface area contributed by atoms with Crippen LogP contribution in [0.1, 0.15) is 0 Å². The van der Waals surface area contributed by atoms with Crippen LogP contribution in [0.2, 0.25) is 0 Å². The zero-order chi connectivity index (χ0) is 28.1. The van der Waals surface area contributed by atoms with E-state index in [0.29, 0.717) is 0 Å². The van der Waals surface area contributed by atoms with Crippen molar-refractivity contribution in [1.29, 1.82) is 0 Å². The van der Waals surface area contributed by atoms with Gasteiger partial charge in [-0.3, -0.25) is 4.57 Å². The van der Waals surface area contributed by atoms with E-state index in [1.807, 2.05) is 24.3 Å². The first kappa shape index (κ1) is 22.8. The zero-order valence-electron chi connectivity index (χ0n) is 23.1. The fourth-order valence-electron chi connectivity index (χ4n) is 7.32. The van der Waals surface area contributed by atoms with E-state index in [-0.39, 0.29) is 0 Å².